The van der Waals surface area contributed by atoms with Gasteiger partial charge in [0.2, 0.25) is 0 Å². The van der Waals surface area contributed by atoms with Gasteiger partial charge in [-0.05, 0) is 18.8 Å². The molecule has 21 heavy (non-hydrogen) atoms. The van der Waals surface area contributed by atoms with E-state index in [0.29, 0.717) is 12.8 Å². The standard InChI is InChI=1S/C11H14F2O7S/c1-5-2-6-3-7(5)9(19-4-14)8(6)20-10(15)11(12,13)21(16,17)18/h4-9H,2-3H2,1H3,(H,16,17,18)/t5?,6?,7?,8?,9-/m1/s1. The van der Waals surface area contributed by atoms with E-state index in [-0.39, 0.29) is 24.2 Å². The second kappa shape index (κ2) is 5.16. The first-order valence-electron chi connectivity index (χ1n) is 6.24. The molecule has 2 fully saturated rings. The lowest BCUT2D eigenvalue weighted by Gasteiger charge is -2.32. The molecule has 10 heteroatoms. The van der Waals surface area contributed by atoms with Gasteiger partial charge in [0, 0.05) is 11.8 Å². The highest BCUT2D eigenvalue weighted by Gasteiger charge is 2.59. The van der Waals surface area contributed by atoms with Crippen LogP contribution in [-0.4, -0.2) is 42.9 Å². The molecule has 2 aliphatic rings. The summed E-state index contributed by atoms with van der Waals surface area (Å²) in [4.78, 5) is 21.8. The highest BCUT2D eigenvalue weighted by molar-refractivity contribution is 7.87. The molecule has 0 aromatic rings. The SMILES string of the molecule is CC1CC2CC1[C@@H](OC=O)C2OC(=O)C(F)(F)S(=O)(=O)O. The Morgan fingerprint density at radius 1 is 1.33 bits per heavy atom. The molecule has 120 valence electrons. The van der Waals surface area contributed by atoms with Crippen LogP contribution in [0.4, 0.5) is 8.78 Å². The van der Waals surface area contributed by atoms with Crippen molar-refractivity contribution < 1.29 is 40.8 Å². The summed E-state index contributed by atoms with van der Waals surface area (Å²) in [5, 5.41) is -5.05. The molecule has 1 N–H and O–H groups in total. The average Bonchev–Trinajstić information content (AvgIpc) is 2.86. The highest BCUT2D eigenvalue weighted by Crippen LogP contribution is 2.51. The Labute approximate surface area is 119 Å². The van der Waals surface area contributed by atoms with Crippen molar-refractivity contribution in [2.45, 2.75) is 37.2 Å². The lowest BCUT2D eigenvalue weighted by molar-refractivity contribution is -0.181. The largest absolute Gasteiger partial charge is 0.465 e. The van der Waals surface area contributed by atoms with Crippen LogP contribution in [0.15, 0.2) is 0 Å². The van der Waals surface area contributed by atoms with Gasteiger partial charge in [0.1, 0.15) is 12.2 Å². The molecule has 2 rings (SSSR count). The van der Waals surface area contributed by atoms with Crippen molar-refractivity contribution in [1.29, 1.82) is 0 Å². The molecule has 4 unspecified atom stereocenters. The van der Waals surface area contributed by atoms with Crippen molar-refractivity contribution in [2.24, 2.45) is 17.8 Å². The predicted octanol–water partition coefficient (Wildman–Crippen LogP) is 0.596. The van der Waals surface area contributed by atoms with Gasteiger partial charge in [0.05, 0.1) is 0 Å². The van der Waals surface area contributed by atoms with E-state index in [0.717, 1.165) is 0 Å². The molecular formula is C11H14F2O7S. The fourth-order valence-electron chi connectivity index (χ4n) is 3.27. The molecule has 2 saturated carbocycles. The summed E-state index contributed by atoms with van der Waals surface area (Å²) in [6.07, 6.45) is -0.873. The van der Waals surface area contributed by atoms with Crippen LogP contribution in [0.1, 0.15) is 19.8 Å². The average molecular weight is 328 g/mol. The quantitative estimate of drug-likeness (QED) is 0.447. The maximum absolute atomic E-state index is 13.2. The van der Waals surface area contributed by atoms with Gasteiger partial charge < -0.3 is 9.47 Å². The first kappa shape index (κ1) is 16.1. The molecule has 2 aliphatic carbocycles. The van der Waals surface area contributed by atoms with Gasteiger partial charge in [-0.2, -0.15) is 17.2 Å². The Kier molecular flexibility index (Phi) is 3.96. The van der Waals surface area contributed by atoms with Gasteiger partial charge in [-0.15, -0.1) is 0 Å². The third-order valence-electron chi connectivity index (χ3n) is 4.21. The predicted molar refractivity (Wildman–Crippen MR) is 62.7 cm³/mol. The number of ether oxygens (including phenoxy) is 2. The van der Waals surface area contributed by atoms with Crippen molar-refractivity contribution in [2.75, 3.05) is 0 Å². The van der Waals surface area contributed by atoms with Crippen molar-refractivity contribution >= 4 is 22.6 Å². The zero-order valence-corrected chi connectivity index (χ0v) is 11.8. The van der Waals surface area contributed by atoms with Crippen LogP contribution in [0.3, 0.4) is 0 Å². The fourth-order valence-corrected chi connectivity index (χ4v) is 3.53. The summed E-state index contributed by atoms with van der Waals surface area (Å²) >= 11 is 0. The first-order valence-corrected chi connectivity index (χ1v) is 7.68. The number of carbonyl (C=O) groups is 2. The number of hydrogen-bond acceptors (Lipinski definition) is 6. The van der Waals surface area contributed by atoms with Crippen molar-refractivity contribution in [3.05, 3.63) is 0 Å². The fraction of sp³-hybridized carbons (Fsp3) is 0.818. The lowest BCUT2D eigenvalue weighted by Crippen LogP contribution is -2.46. The highest BCUT2D eigenvalue weighted by atomic mass is 32.2. The molecule has 0 aromatic carbocycles. The molecule has 7 nitrogen and oxygen atoms in total. The number of fused-ring (bicyclic) bond motifs is 2. The Bertz CT molecular complexity index is 547. The van der Waals surface area contributed by atoms with E-state index < -0.39 is 33.5 Å². The van der Waals surface area contributed by atoms with Crippen LogP contribution in [0.5, 0.6) is 0 Å². The van der Waals surface area contributed by atoms with E-state index >= 15 is 0 Å². The Morgan fingerprint density at radius 3 is 2.48 bits per heavy atom. The summed E-state index contributed by atoms with van der Waals surface area (Å²) in [6.45, 7) is 2.04. The van der Waals surface area contributed by atoms with Gasteiger partial charge in [-0.1, -0.05) is 6.92 Å². The molecule has 2 bridgehead atoms. The molecule has 0 aromatic heterocycles. The number of esters is 1. The summed E-state index contributed by atoms with van der Waals surface area (Å²) in [5.74, 6) is -2.60. The van der Waals surface area contributed by atoms with E-state index in [1.54, 1.807) is 0 Å². The third kappa shape index (κ3) is 2.61. The summed E-state index contributed by atoms with van der Waals surface area (Å²) in [6, 6.07) is 0. The molecule has 0 radical (unpaired) electrons. The minimum Gasteiger partial charge on any atom is -0.460 e. The second-order valence-corrected chi connectivity index (χ2v) is 6.89. The molecule has 0 aliphatic heterocycles. The second-order valence-electron chi connectivity index (χ2n) is 5.43. The van der Waals surface area contributed by atoms with Crippen molar-refractivity contribution in [3.63, 3.8) is 0 Å². The zero-order valence-electron chi connectivity index (χ0n) is 10.9. The zero-order chi connectivity index (χ0) is 16.0. The van der Waals surface area contributed by atoms with E-state index in [9.17, 15) is 26.8 Å². The summed E-state index contributed by atoms with van der Waals surface area (Å²) in [7, 11) is -5.92. The molecule has 0 spiro atoms. The third-order valence-corrected chi connectivity index (χ3v) is 5.02. The number of halogens is 2. The monoisotopic (exact) mass is 328 g/mol. The van der Waals surface area contributed by atoms with Gasteiger partial charge in [0.15, 0.2) is 0 Å². The first-order chi connectivity index (χ1) is 9.59. The topological polar surface area (TPSA) is 107 Å². The number of alkyl halides is 2. The van der Waals surface area contributed by atoms with Crippen LogP contribution < -0.4 is 0 Å². The van der Waals surface area contributed by atoms with Crippen LogP contribution in [0, 0.1) is 17.8 Å². The number of rotatable bonds is 5. The molecular weight excluding hydrogens is 314 g/mol. The van der Waals surface area contributed by atoms with E-state index in [1.165, 1.54) is 0 Å². The van der Waals surface area contributed by atoms with Crippen LogP contribution in [0.25, 0.3) is 0 Å². The van der Waals surface area contributed by atoms with Gasteiger partial charge in [0.25, 0.3) is 6.47 Å². The number of carbonyl (C=O) groups excluding carboxylic acids is 2. The normalized spacial score (nSPS) is 35.5. The van der Waals surface area contributed by atoms with E-state index in [4.69, 9.17) is 9.29 Å². The van der Waals surface area contributed by atoms with Crippen molar-refractivity contribution in [3.8, 4) is 0 Å². The van der Waals surface area contributed by atoms with Gasteiger partial charge in [-0.25, -0.2) is 4.79 Å². The molecule has 0 heterocycles. The maximum Gasteiger partial charge on any atom is 0.465 e. The minimum atomic E-state index is -5.92. The van der Waals surface area contributed by atoms with Crippen molar-refractivity contribution in [1.82, 2.24) is 0 Å². The van der Waals surface area contributed by atoms with Crippen LogP contribution >= 0.6 is 0 Å². The summed E-state index contributed by atoms with van der Waals surface area (Å²) in [5.41, 5.74) is 0. The Balaban J connectivity index is 2.16. The number of hydrogen-bond donors (Lipinski definition) is 1. The van der Waals surface area contributed by atoms with Gasteiger partial charge in [-0.3, -0.25) is 9.35 Å². The minimum absolute atomic E-state index is 0.127. The maximum atomic E-state index is 13.2. The molecule has 0 amide bonds. The van der Waals surface area contributed by atoms with E-state index in [1.807, 2.05) is 6.92 Å². The van der Waals surface area contributed by atoms with E-state index in [2.05, 4.69) is 4.74 Å². The lowest BCUT2D eigenvalue weighted by atomic mass is 9.86. The molecule has 0 saturated heterocycles. The van der Waals surface area contributed by atoms with Gasteiger partial charge >= 0.3 is 21.3 Å². The Morgan fingerprint density at radius 2 is 1.95 bits per heavy atom. The Hall–Kier alpha value is -1.29. The molecule has 5 atom stereocenters. The summed E-state index contributed by atoms with van der Waals surface area (Å²) < 4.78 is 65.1. The van der Waals surface area contributed by atoms with Crippen LogP contribution in [-0.2, 0) is 29.2 Å². The van der Waals surface area contributed by atoms with Crippen LogP contribution in [0.2, 0.25) is 0 Å². The smallest absolute Gasteiger partial charge is 0.460 e.